The van der Waals surface area contributed by atoms with E-state index in [-0.39, 0.29) is 5.56 Å². The molecule has 0 bridgehead atoms. The van der Waals surface area contributed by atoms with Crippen molar-refractivity contribution in [3.05, 3.63) is 20.8 Å². The standard InChI is InChI=1S/C14H23N5O2/c1-6-18(7-2)13-15-11-10(19(13)8-9(3)4)12(20)16-14(21)17(11)5/h9H,6-8H2,1-5H3,(H,16,20,21). The lowest BCUT2D eigenvalue weighted by Crippen LogP contribution is -2.30. The van der Waals surface area contributed by atoms with Gasteiger partial charge < -0.3 is 9.47 Å². The first kappa shape index (κ1) is 15.3. The highest BCUT2D eigenvalue weighted by Crippen LogP contribution is 2.20. The van der Waals surface area contributed by atoms with E-state index in [1.807, 2.05) is 18.4 Å². The van der Waals surface area contributed by atoms with Crippen molar-refractivity contribution in [3.8, 4) is 0 Å². The van der Waals surface area contributed by atoms with Crippen molar-refractivity contribution in [2.24, 2.45) is 13.0 Å². The van der Waals surface area contributed by atoms with Crippen molar-refractivity contribution < 1.29 is 0 Å². The van der Waals surface area contributed by atoms with E-state index in [4.69, 9.17) is 0 Å². The molecule has 0 fully saturated rings. The number of aromatic nitrogens is 4. The van der Waals surface area contributed by atoms with Crippen molar-refractivity contribution in [2.75, 3.05) is 18.0 Å². The number of hydrogen-bond donors (Lipinski definition) is 1. The molecule has 21 heavy (non-hydrogen) atoms. The third kappa shape index (κ3) is 2.59. The molecule has 2 heterocycles. The van der Waals surface area contributed by atoms with E-state index >= 15 is 0 Å². The van der Waals surface area contributed by atoms with E-state index in [1.54, 1.807) is 7.05 Å². The van der Waals surface area contributed by atoms with Gasteiger partial charge in [-0.15, -0.1) is 0 Å². The van der Waals surface area contributed by atoms with Crippen LogP contribution in [0.4, 0.5) is 5.95 Å². The Hall–Kier alpha value is -2.05. The monoisotopic (exact) mass is 293 g/mol. The Morgan fingerprint density at radius 2 is 1.86 bits per heavy atom. The van der Waals surface area contributed by atoms with Crippen molar-refractivity contribution in [1.82, 2.24) is 19.1 Å². The fourth-order valence-corrected chi connectivity index (χ4v) is 2.51. The Morgan fingerprint density at radius 1 is 1.24 bits per heavy atom. The minimum Gasteiger partial charge on any atom is -0.343 e. The van der Waals surface area contributed by atoms with Gasteiger partial charge in [0.25, 0.3) is 5.56 Å². The zero-order chi connectivity index (χ0) is 15.7. The maximum absolute atomic E-state index is 12.2. The molecular weight excluding hydrogens is 270 g/mol. The van der Waals surface area contributed by atoms with Crippen LogP contribution in [-0.4, -0.2) is 32.2 Å². The normalized spacial score (nSPS) is 11.5. The Bertz CT molecular complexity index is 749. The smallest absolute Gasteiger partial charge is 0.329 e. The molecule has 0 aliphatic heterocycles. The van der Waals surface area contributed by atoms with E-state index in [9.17, 15) is 9.59 Å². The Kier molecular flexibility index (Phi) is 4.20. The summed E-state index contributed by atoms with van der Waals surface area (Å²) in [6.07, 6.45) is 0. The van der Waals surface area contributed by atoms with Crippen LogP contribution in [0, 0.1) is 5.92 Å². The number of aryl methyl sites for hydroxylation is 1. The van der Waals surface area contributed by atoms with Crippen LogP contribution in [0.3, 0.4) is 0 Å². The summed E-state index contributed by atoms with van der Waals surface area (Å²) >= 11 is 0. The average molecular weight is 293 g/mol. The lowest BCUT2D eigenvalue weighted by atomic mass is 10.2. The molecular formula is C14H23N5O2. The molecule has 0 saturated carbocycles. The quantitative estimate of drug-likeness (QED) is 0.889. The molecule has 7 nitrogen and oxygen atoms in total. The molecule has 0 aliphatic carbocycles. The molecule has 0 radical (unpaired) electrons. The fourth-order valence-electron chi connectivity index (χ4n) is 2.51. The lowest BCUT2D eigenvalue weighted by Gasteiger charge is -2.21. The highest BCUT2D eigenvalue weighted by Gasteiger charge is 2.20. The number of hydrogen-bond acceptors (Lipinski definition) is 4. The third-order valence-electron chi connectivity index (χ3n) is 3.58. The minimum atomic E-state index is -0.437. The summed E-state index contributed by atoms with van der Waals surface area (Å²) in [4.78, 5) is 33.0. The van der Waals surface area contributed by atoms with Crippen LogP contribution in [-0.2, 0) is 13.6 Å². The first-order chi connectivity index (χ1) is 9.90. The molecule has 116 valence electrons. The second kappa shape index (κ2) is 5.75. The highest BCUT2D eigenvalue weighted by molar-refractivity contribution is 5.74. The number of H-pyrrole nitrogens is 1. The van der Waals surface area contributed by atoms with Gasteiger partial charge in [-0.25, -0.2) is 4.79 Å². The number of rotatable bonds is 5. The van der Waals surface area contributed by atoms with E-state index in [1.165, 1.54) is 4.57 Å². The molecule has 0 aromatic carbocycles. The van der Waals surface area contributed by atoms with Gasteiger partial charge in [0.2, 0.25) is 5.95 Å². The van der Waals surface area contributed by atoms with Crippen molar-refractivity contribution in [3.63, 3.8) is 0 Å². The number of aromatic amines is 1. The molecule has 0 unspecified atom stereocenters. The molecule has 0 spiro atoms. The molecule has 1 N–H and O–H groups in total. The van der Waals surface area contributed by atoms with Crippen LogP contribution < -0.4 is 16.1 Å². The Labute approximate surface area is 123 Å². The van der Waals surface area contributed by atoms with Crippen LogP contribution in [0.1, 0.15) is 27.7 Å². The number of nitrogens with zero attached hydrogens (tertiary/aromatic N) is 4. The minimum absolute atomic E-state index is 0.369. The summed E-state index contributed by atoms with van der Waals surface area (Å²) in [6, 6.07) is 0. The predicted octanol–water partition coefficient (Wildman–Crippen LogP) is 0.925. The van der Waals surface area contributed by atoms with E-state index in [0.29, 0.717) is 23.6 Å². The molecule has 2 aromatic rings. The van der Waals surface area contributed by atoms with Gasteiger partial charge in [-0.1, -0.05) is 13.8 Å². The topological polar surface area (TPSA) is 75.9 Å². The number of nitrogens with one attached hydrogen (secondary N) is 1. The van der Waals surface area contributed by atoms with Gasteiger partial charge in [0, 0.05) is 26.7 Å². The maximum Gasteiger partial charge on any atom is 0.329 e. The Morgan fingerprint density at radius 3 is 2.38 bits per heavy atom. The van der Waals surface area contributed by atoms with E-state index in [2.05, 4.69) is 28.7 Å². The average Bonchev–Trinajstić information content (AvgIpc) is 2.77. The van der Waals surface area contributed by atoms with Gasteiger partial charge in [-0.2, -0.15) is 4.98 Å². The fraction of sp³-hybridized carbons (Fsp3) is 0.643. The SMILES string of the molecule is CCN(CC)c1nc2c(c(=O)[nH]c(=O)n2C)n1CC(C)C. The van der Waals surface area contributed by atoms with E-state index < -0.39 is 5.69 Å². The van der Waals surface area contributed by atoms with Gasteiger partial charge in [-0.3, -0.25) is 14.3 Å². The van der Waals surface area contributed by atoms with Crippen LogP contribution in [0.2, 0.25) is 0 Å². The van der Waals surface area contributed by atoms with Crippen LogP contribution >= 0.6 is 0 Å². The number of anilines is 1. The van der Waals surface area contributed by atoms with Gasteiger partial charge in [0.1, 0.15) is 0 Å². The van der Waals surface area contributed by atoms with Crippen LogP contribution in [0.5, 0.6) is 0 Å². The first-order valence-electron chi connectivity index (χ1n) is 7.35. The summed E-state index contributed by atoms with van der Waals surface area (Å²) < 4.78 is 3.31. The molecule has 0 atom stereocenters. The second-order valence-electron chi connectivity index (χ2n) is 5.58. The van der Waals surface area contributed by atoms with Gasteiger partial charge in [0.15, 0.2) is 11.2 Å². The molecule has 0 saturated heterocycles. The van der Waals surface area contributed by atoms with Crippen molar-refractivity contribution in [1.29, 1.82) is 0 Å². The van der Waals surface area contributed by atoms with Crippen LogP contribution in [0.15, 0.2) is 9.59 Å². The number of imidazole rings is 1. The largest absolute Gasteiger partial charge is 0.343 e. The third-order valence-corrected chi connectivity index (χ3v) is 3.58. The Balaban J connectivity index is 2.85. The summed E-state index contributed by atoms with van der Waals surface area (Å²) in [7, 11) is 1.62. The summed E-state index contributed by atoms with van der Waals surface area (Å²) in [5.41, 5.74) is 0.0893. The summed E-state index contributed by atoms with van der Waals surface area (Å²) in [6.45, 7) is 10.6. The zero-order valence-electron chi connectivity index (χ0n) is 13.3. The lowest BCUT2D eigenvalue weighted by molar-refractivity contribution is 0.528. The molecule has 0 amide bonds. The maximum atomic E-state index is 12.2. The van der Waals surface area contributed by atoms with Gasteiger partial charge in [-0.05, 0) is 19.8 Å². The summed E-state index contributed by atoms with van der Waals surface area (Å²) in [5, 5.41) is 0. The molecule has 7 heteroatoms. The highest BCUT2D eigenvalue weighted by atomic mass is 16.2. The van der Waals surface area contributed by atoms with Crippen molar-refractivity contribution >= 4 is 17.1 Å². The molecule has 0 aliphatic rings. The first-order valence-corrected chi connectivity index (χ1v) is 7.35. The number of fused-ring (bicyclic) bond motifs is 1. The predicted molar refractivity (Wildman–Crippen MR) is 84.0 cm³/mol. The van der Waals surface area contributed by atoms with Gasteiger partial charge >= 0.3 is 5.69 Å². The van der Waals surface area contributed by atoms with Crippen molar-refractivity contribution in [2.45, 2.75) is 34.2 Å². The summed E-state index contributed by atoms with van der Waals surface area (Å²) in [5.74, 6) is 1.11. The van der Waals surface area contributed by atoms with Crippen LogP contribution in [0.25, 0.3) is 11.2 Å². The zero-order valence-corrected chi connectivity index (χ0v) is 13.3. The second-order valence-corrected chi connectivity index (χ2v) is 5.58. The van der Waals surface area contributed by atoms with Gasteiger partial charge in [0.05, 0.1) is 0 Å². The molecule has 2 aromatic heterocycles. The van der Waals surface area contributed by atoms with E-state index in [0.717, 1.165) is 19.0 Å². The molecule has 2 rings (SSSR count).